The molecule has 1 heterocycles. The fourth-order valence-electron chi connectivity index (χ4n) is 3.57. The molecule has 1 aliphatic rings. The average molecular weight is 489 g/mol. The van der Waals surface area contributed by atoms with E-state index in [1.165, 1.54) is 0 Å². The van der Waals surface area contributed by atoms with E-state index in [9.17, 15) is 9.59 Å². The first-order valence-electron chi connectivity index (χ1n) is 10.7. The van der Waals surface area contributed by atoms with Crippen LogP contribution in [0.15, 0.2) is 42.5 Å². The van der Waals surface area contributed by atoms with Gasteiger partial charge in [0.2, 0.25) is 5.91 Å². The summed E-state index contributed by atoms with van der Waals surface area (Å²) < 4.78 is 5.15. The maximum absolute atomic E-state index is 12.5. The summed E-state index contributed by atoms with van der Waals surface area (Å²) in [5, 5.41) is 6.38. The van der Waals surface area contributed by atoms with Crippen molar-refractivity contribution in [2.45, 2.75) is 20.8 Å². The molecule has 0 atom stereocenters. The van der Waals surface area contributed by atoms with Crippen molar-refractivity contribution in [2.75, 3.05) is 43.5 Å². The van der Waals surface area contributed by atoms with Crippen molar-refractivity contribution in [2.24, 2.45) is 5.41 Å². The third-order valence-corrected chi connectivity index (χ3v) is 5.82. The van der Waals surface area contributed by atoms with Crippen LogP contribution < -0.4 is 20.3 Å². The lowest BCUT2D eigenvalue weighted by molar-refractivity contribution is -0.139. The first-order chi connectivity index (χ1) is 15.6. The molecule has 7 nitrogen and oxygen atoms in total. The van der Waals surface area contributed by atoms with Gasteiger partial charge in [-0.1, -0.05) is 38.4 Å². The Labute approximate surface area is 205 Å². The Morgan fingerprint density at radius 1 is 1.06 bits per heavy atom. The van der Waals surface area contributed by atoms with Gasteiger partial charge in [-0.3, -0.25) is 14.9 Å². The zero-order valence-electron chi connectivity index (χ0n) is 19.3. The number of anilines is 2. The summed E-state index contributed by atoms with van der Waals surface area (Å²) in [5.74, 6) is 0.418. The lowest BCUT2D eigenvalue weighted by atomic mass is 9.94. The molecule has 0 spiro atoms. The molecule has 2 aromatic carbocycles. The molecule has 0 bridgehead atoms. The Balaban J connectivity index is 1.58. The van der Waals surface area contributed by atoms with Crippen molar-refractivity contribution in [3.05, 3.63) is 53.1 Å². The van der Waals surface area contributed by atoms with E-state index in [-0.39, 0.29) is 22.3 Å². The number of hydrogen-bond acceptors (Lipinski definition) is 5. The second-order valence-corrected chi connectivity index (χ2v) is 9.65. The Bertz CT molecular complexity index is 1050. The maximum atomic E-state index is 12.5. The standard InChI is InChI=1S/C24H29ClN4O3S/c1-24(2,3)22(31)29-12-10-28(11-13-29)20-9-8-17(15-19(20)25)26-23(33)27-21(30)16-6-5-7-18(14-16)32-4/h5-9,14-15H,10-13H2,1-4H3,(H2,26,27,30,33). The number of rotatable bonds is 4. The molecule has 2 N–H and O–H groups in total. The van der Waals surface area contributed by atoms with Gasteiger partial charge in [0.1, 0.15) is 5.75 Å². The third kappa shape index (κ3) is 6.36. The first-order valence-corrected chi connectivity index (χ1v) is 11.5. The molecule has 0 aliphatic carbocycles. The number of thiocarbonyl (C=S) groups is 1. The summed E-state index contributed by atoms with van der Waals surface area (Å²) in [6.45, 7) is 8.56. The van der Waals surface area contributed by atoms with E-state index in [4.69, 9.17) is 28.6 Å². The zero-order valence-corrected chi connectivity index (χ0v) is 20.8. The van der Waals surface area contributed by atoms with Crippen LogP contribution in [-0.4, -0.2) is 55.1 Å². The number of halogens is 1. The molecule has 2 amide bonds. The van der Waals surface area contributed by atoms with Crippen LogP contribution in [0.25, 0.3) is 0 Å². The van der Waals surface area contributed by atoms with E-state index in [2.05, 4.69) is 15.5 Å². The second-order valence-electron chi connectivity index (χ2n) is 8.84. The Morgan fingerprint density at radius 2 is 1.76 bits per heavy atom. The van der Waals surface area contributed by atoms with E-state index in [1.54, 1.807) is 37.4 Å². The van der Waals surface area contributed by atoms with Gasteiger partial charge < -0.3 is 19.9 Å². The zero-order chi connectivity index (χ0) is 24.2. The highest BCUT2D eigenvalue weighted by Crippen LogP contribution is 2.30. The SMILES string of the molecule is COc1cccc(C(=O)NC(=S)Nc2ccc(N3CCN(C(=O)C(C)(C)C)CC3)c(Cl)c2)c1. The Morgan fingerprint density at radius 3 is 2.36 bits per heavy atom. The van der Waals surface area contributed by atoms with Crippen LogP contribution in [0.4, 0.5) is 11.4 Å². The van der Waals surface area contributed by atoms with Crippen molar-refractivity contribution in [3.63, 3.8) is 0 Å². The molecule has 1 fully saturated rings. The van der Waals surface area contributed by atoms with Gasteiger partial charge in [-0.25, -0.2) is 0 Å². The smallest absolute Gasteiger partial charge is 0.257 e. The number of benzene rings is 2. The lowest BCUT2D eigenvalue weighted by Crippen LogP contribution is -2.51. The molecule has 9 heteroatoms. The summed E-state index contributed by atoms with van der Waals surface area (Å²) in [6.07, 6.45) is 0. The van der Waals surface area contributed by atoms with Crippen LogP contribution in [-0.2, 0) is 4.79 Å². The summed E-state index contributed by atoms with van der Waals surface area (Å²) in [5.41, 5.74) is 1.63. The van der Waals surface area contributed by atoms with Gasteiger partial charge in [0, 0.05) is 42.8 Å². The van der Waals surface area contributed by atoms with Gasteiger partial charge in [-0.2, -0.15) is 0 Å². The molecule has 3 rings (SSSR count). The molecule has 0 aromatic heterocycles. The van der Waals surface area contributed by atoms with Crippen LogP contribution in [0.3, 0.4) is 0 Å². The number of nitrogens with one attached hydrogen (secondary N) is 2. The van der Waals surface area contributed by atoms with Crippen molar-refractivity contribution in [3.8, 4) is 5.75 Å². The first kappa shape index (κ1) is 24.8. The quantitative estimate of drug-likeness (QED) is 0.629. The highest BCUT2D eigenvalue weighted by atomic mass is 35.5. The lowest BCUT2D eigenvalue weighted by Gasteiger charge is -2.39. The molecule has 176 valence electrons. The minimum atomic E-state index is -0.381. The maximum Gasteiger partial charge on any atom is 0.257 e. The van der Waals surface area contributed by atoms with Crippen LogP contribution in [0.2, 0.25) is 5.02 Å². The minimum Gasteiger partial charge on any atom is -0.497 e. The largest absolute Gasteiger partial charge is 0.497 e. The molecular formula is C24H29ClN4O3S. The van der Waals surface area contributed by atoms with Gasteiger partial charge in [0.05, 0.1) is 17.8 Å². The van der Waals surface area contributed by atoms with Crippen LogP contribution in [0, 0.1) is 5.41 Å². The van der Waals surface area contributed by atoms with Crippen molar-refractivity contribution in [1.82, 2.24) is 10.2 Å². The molecule has 1 saturated heterocycles. The number of amides is 2. The highest BCUT2D eigenvalue weighted by molar-refractivity contribution is 7.80. The van der Waals surface area contributed by atoms with Crippen LogP contribution >= 0.6 is 23.8 Å². The summed E-state index contributed by atoms with van der Waals surface area (Å²) in [4.78, 5) is 29.0. The van der Waals surface area contributed by atoms with Crippen molar-refractivity contribution < 1.29 is 14.3 Å². The van der Waals surface area contributed by atoms with Gasteiger partial charge in [-0.15, -0.1) is 0 Å². The number of hydrogen-bond donors (Lipinski definition) is 2. The number of methoxy groups -OCH3 is 1. The predicted molar refractivity (Wildman–Crippen MR) is 136 cm³/mol. The Kier molecular flexibility index (Phi) is 7.81. The molecule has 33 heavy (non-hydrogen) atoms. The van der Waals surface area contributed by atoms with Crippen molar-refractivity contribution in [1.29, 1.82) is 0 Å². The monoisotopic (exact) mass is 488 g/mol. The van der Waals surface area contributed by atoms with Gasteiger partial charge >= 0.3 is 0 Å². The molecule has 2 aromatic rings. The number of nitrogens with zero attached hydrogens (tertiary/aromatic N) is 2. The number of piperazine rings is 1. The summed E-state index contributed by atoms with van der Waals surface area (Å²) in [6, 6.07) is 12.4. The van der Waals surface area contributed by atoms with E-state index >= 15 is 0 Å². The van der Waals surface area contributed by atoms with E-state index in [0.717, 1.165) is 5.69 Å². The predicted octanol–water partition coefficient (Wildman–Crippen LogP) is 4.17. The molecule has 1 aliphatic heterocycles. The number of ether oxygens (including phenoxy) is 1. The molecule has 0 unspecified atom stereocenters. The topological polar surface area (TPSA) is 73.9 Å². The Hall–Kier alpha value is -2.84. The fraction of sp³-hybridized carbons (Fsp3) is 0.375. The molecule has 0 saturated carbocycles. The summed E-state index contributed by atoms with van der Waals surface area (Å²) >= 11 is 11.8. The van der Waals surface area contributed by atoms with E-state index in [1.807, 2.05) is 37.8 Å². The normalized spacial score (nSPS) is 14.0. The number of carbonyl (C=O) groups excluding carboxylic acids is 2. The fourth-order valence-corrected chi connectivity index (χ4v) is 4.08. The summed E-state index contributed by atoms with van der Waals surface area (Å²) in [7, 11) is 1.54. The van der Waals surface area contributed by atoms with Crippen LogP contribution in [0.1, 0.15) is 31.1 Å². The van der Waals surface area contributed by atoms with Gasteiger partial charge in [0.15, 0.2) is 5.11 Å². The molecular weight excluding hydrogens is 460 g/mol. The average Bonchev–Trinajstić information content (AvgIpc) is 2.78. The van der Waals surface area contributed by atoms with Crippen LogP contribution in [0.5, 0.6) is 5.75 Å². The van der Waals surface area contributed by atoms with Gasteiger partial charge in [-0.05, 0) is 48.6 Å². The third-order valence-electron chi connectivity index (χ3n) is 5.31. The van der Waals surface area contributed by atoms with Crippen molar-refractivity contribution >= 4 is 52.1 Å². The minimum absolute atomic E-state index is 0.164. The second kappa shape index (κ2) is 10.4. The van der Waals surface area contributed by atoms with Gasteiger partial charge in [0.25, 0.3) is 5.91 Å². The van der Waals surface area contributed by atoms with E-state index < -0.39 is 0 Å². The van der Waals surface area contributed by atoms with E-state index in [0.29, 0.717) is 48.2 Å². The highest BCUT2D eigenvalue weighted by Gasteiger charge is 2.30. The number of carbonyl (C=O) groups is 2. The molecule has 0 radical (unpaired) electrons.